The second kappa shape index (κ2) is 12.2. The number of hydrogen-bond donors (Lipinski definition) is 3. The third kappa shape index (κ3) is 7.04. The average Bonchev–Trinajstić information content (AvgIpc) is 2.82. The average molecular weight is 446 g/mol. The number of carbonyl (C=O) groups is 2. The molecule has 4 N–H and O–H groups in total. The number of carbonyl (C=O) groups excluding carboxylic acids is 2. The smallest absolute Gasteiger partial charge is 0.311 e. The zero-order chi connectivity index (χ0) is 24.4. The number of ether oxygens (including phenoxy) is 1. The second-order valence-corrected chi connectivity index (χ2v) is 7.65. The van der Waals surface area contributed by atoms with Gasteiger partial charge in [0, 0.05) is 17.2 Å². The normalized spacial score (nSPS) is 13.2. The van der Waals surface area contributed by atoms with Gasteiger partial charge in [-0.15, -0.1) is 0 Å². The number of nitrogens with one attached hydrogen (secondary N) is 2. The van der Waals surface area contributed by atoms with Crippen LogP contribution in [-0.4, -0.2) is 30.9 Å². The highest BCUT2D eigenvalue weighted by atomic mass is 16.5. The summed E-state index contributed by atoms with van der Waals surface area (Å²) in [5.41, 5.74) is 9.43. The van der Waals surface area contributed by atoms with E-state index in [1.54, 1.807) is 43.3 Å². The van der Waals surface area contributed by atoms with Gasteiger partial charge in [-0.2, -0.15) is 0 Å². The number of rotatable bonds is 10. The van der Waals surface area contributed by atoms with Gasteiger partial charge < -0.3 is 15.8 Å². The molecule has 0 fully saturated rings. The maximum Gasteiger partial charge on any atom is 0.311 e. The van der Waals surface area contributed by atoms with E-state index in [1.807, 2.05) is 43.4 Å². The Labute approximate surface area is 195 Å². The first kappa shape index (κ1) is 25.3. The van der Waals surface area contributed by atoms with E-state index in [9.17, 15) is 9.59 Å². The van der Waals surface area contributed by atoms with E-state index in [1.165, 1.54) is 7.11 Å². The lowest BCUT2D eigenvalue weighted by Crippen LogP contribution is -2.42. The molecule has 2 atom stereocenters. The molecule has 0 aliphatic heterocycles. The topological polar surface area (TPSA) is 105 Å². The predicted octanol–water partition coefficient (Wildman–Crippen LogP) is 4.27. The van der Waals surface area contributed by atoms with Crippen molar-refractivity contribution in [3.63, 3.8) is 0 Å². The molecule has 33 heavy (non-hydrogen) atoms. The van der Waals surface area contributed by atoms with Crippen molar-refractivity contribution in [2.45, 2.75) is 26.3 Å². The standard InChI is InChI=1S/C27H31N3O3/c1-5-8-20(9-6-2)21-12-14-22(15-13-21)26(31)30-18(3)24(27(32)33-4)17-19-10-7-11-23(16-19)25(28)29/h5-16,18,24H,1,17H2,2-4H3,(H3,28,29)(H,30,31)/b9-6-,20-8+/t18-,24?/m1/s1. The molecular formula is C27H31N3O3. The summed E-state index contributed by atoms with van der Waals surface area (Å²) in [5.74, 6) is -1.34. The molecule has 0 aromatic heterocycles. The Morgan fingerprint density at radius 2 is 1.82 bits per heavy atom. The van der Waals surface area contributed by atoms with Crippen molar-refractivity contribution >= 4 is 23.3 Å². The lowest BCUT2D eigenvalue weighted by atomic mass is 9.92. The molecule has 0 saturated carbocycles. The zero-order valence-corrected chi connectivity index (χ0v) is 19.3. The van der Waals surface area contributed by atoms with Gasteiger partial charge in [0.25, 0.3) is 5.91 Å². The molecule has 6 heteroatoms. The minimum absolute atomic E-state index is 0.0446. The monoisotopic (exact) mass is 445 g/mol. The summed E-state index contributed by atoms with van der Waals surface area (Å²) in [5, 5.41) is 10.5. The van der Waals surface area contributed by atoms with E-state index < -0.39 is 17.9 Å². The van der Waals surface area contributed by atoms with Gasteiger partial charge in [0.15, 0.2) is 0 Å². The van der Waals surface area contributed by atoms with Gasteiger partial charge in [-0.25, -0.2) is 0 Å². The fourth-order valence-corrected chi connectivity index (χ4v) is 3.49. The quantitative estimate of drug-likeness (QED) is 0.220. The number of amidine groups is 1. The molecule has 0 aliphatic carbocycles. The number of methoxy groups -OCH3 is 1. The van der Waals surface area contributed by atoms with Crippen molar-refractivity contribution in [1.29, 1.82) is 5.41 Å². The van der Waals surface area contributed by atoms with Crippen LogP contribution < -0.4 is 11.1 Å². The second-order valence-electron chi connectivity index (χ2n) is 7.65. The Kier molecular flexibility index (Phi) is 9.36. The van der Waals surface area contributed by atoms with Crippen LogP contribution in [0.15, 0.2) is 79.4 Å². The molecule has 1 unspecified atom stereocenters. The SMILES string of the molecule is C=C/C=C(\C=C/C)c1ccc(C(=O)N[C@H](C)C(Cc2cccc(C(=N)N)c2)C(=O)OC)cc1. The lowest BCUT2D eigenvalue weighted by molar-refractivity contribution is -0.146. The van der Waals surface area contributed by atoms with E-state index in [0.29, 0.717) is 17.5 Å². The van der Waals surface area contributed by atoms with Gasteiger partial charge in [0.05, 0.1) is 13.0 Å². The van der Waals surface area contributed by atoms with Crippen LogP contribution in [0.1, 0.15) is 40.9 Å². The number of allylic oxidation sites excluding steroid dienone is 5. The lowest BCUT2D eigenvalue weighted by Gasteiger charge is -2.23. The van der Waals surface area contributed by atoms with Crippen LogP contribution in [0.2, 0.25) is 0 Å². The van der Waals surface area contributed by atoms with Crippen molar-refractivity contribution in [3.8, 4) is 0 Å². The highest BCUT2D eigenvalue weighted by Gasteiger charge is 2.28. The maximum atomic E-state index is 12.8. The minimum atomic E-state index is -0.600. The Morgan fingerprint density at radius 1 is 1.15 bits per heavy atom. The molecule has 0 aliphatic rings. The van der Waals surface area contributed by atoms with Crippen LogP contribution in [0.4, 0.5) is 0 Å². The number of nitrogen functional groups attached to an aromatic ring is 1. The molecular weight excluding hydrogens is 414 g/mol. The van der Waals surface area contributed by atoms with Gasteiger partial charge in [-0.3, -0.25) is 15.0 Å². The van der Waals surface area contributed by atoms with Gasteiger partial charge in [-0.05, 0) is 55.2 Å². The Hall–Kier alpha value is -3.93. The molecule has 0 bridgehead atoms. The Balaban J connectivity index is 2.17. The van der Waals surface area contributed by atoms with Crippen LogP contribution in [0.3, 0.4) is 0 Å². The first-order valence-electron chi connectivity index (χ1n) is 10.7. The summed E-state index contributed by atoms with van der Waals surface area (Å²) in [7, 11) is 1.33. The predicted molar refractivity (Wildman–Crippen MR) is 133 cm³/mol. The van der Waals surface area contributed by atoms with E-state index >= 15 is 0 Å². The summed E-state index contributed by atoms with van der Waals surface area (Å²) in [6.45, 7) is 7.45. The van der Waals surface area contributed by atoms with Crippen LogP contribution in [-0.2, 0) is 16.0 Å². The summed E-state index contributed by atoms with van der Waals surface area (Å²) >= 11 is 0. The number of amides is 1. The Bertz CT molecular complexity index is 1070. The number of hydrogen-bond acceptors (Lipinski definition) is 4. The molecule has 172 valence electrons. The van der Waals surface area contributed by atoms with Crippen molar-refractivity contribution < 1.29 is 14.3 Å². The minimum Gasteiger partial charge on any atom is -0.469 e. The van der Waals surface area contributed by atoms with E-state index in [-0.39, 0.29) is 11.7 Å². The van der Waals surface area contributed by atoms with Crippen LogP contribution in [0.25, 0.3) is 5.57 Å². The Morgan fingerprint density at radius 3 is 2.39 bits per heavy atom. The molecule has 6 nitrogen and oxygen atoms in total. The van der Waals surface area contributed by atoms with Crippen LogP contribution in [0, 0.1) is 11.3 Å². The first-order valence-corrected chi connectivity index (χ1v) is 10.7. The number of benzene rings is 2. The molecule has 1 amide bonds. The number of nitrogens with two attached hydrogens (primary N) is 1. The van der Waals surface area contributed by atoms with Crippen LogP contribution in [0.5, 0.6) is 0 Å². The molecule has 0 saturated heterocycles. The highest BCUT2D eigenvalue weighted by Crippen LogP contribution is 2.19. The van der Waals surface area contributed by atoms with E-state index in [4.69, 9.17) is 15.9 Å². The van der Waals surface area contributed by atoms with E-state index in [0.717, 1.165) is 16.7 Å². The summed E-state index contributed by atoms with van der Waals surface area (Å²) < 4.78 is 4.98. The van der Waals surface area contributed by atoms with Crippen molar-refractivity contribution in [2.24, 2.45) is 11.7 Å². The van der Waals surface area contributed by atoms with Gasteiger partial charge >= 0.3 is 5.97 Å². The molecule has 0 radical (unpaired) electrons. The van der Waals surface area contributed by atoms with Crippen molar-refractivity contribution in [2.75, 3.05) is 7.11 Å². The summed E-state index contributed by atoms with van der Waals surface area (Å²) in [4.78, 5) is 25.3. The third-order valence-corrected chi connectivity index (χ3v) is 5.28. The van der Waals surface area contributed by atoms with Gasteiger partial charge in [-0.1, -0.05) is 61.2 Å². The van der Waals surface area contributed by atoms with Crippen molar-refractivity contribution in [1.82, 2.24) is 5.32 Å². The fraction of sp³-hybridized carbons (Fsp3) is 0.222. The van der Waals surface area contributed by atoms with Gasteiger partial charge in [0.1, 0.15) is 5.84 Å². The highest BCUT2D eigenvalue weighted by molar-refractivity contribution is 5.96. The first-order chi connectivity index (χ1) is 15.8. The molecule has 2 aromatic carbocycles. The maximum absolute atomic E-state index is 12.8. The molecule has 2 rings (SSSR count). The fourth-order valence-electron chi connectivity index (χ4n) is 3.49. The summed E-state index contributed by atoms with van der Waals surface area (Å²) in [6.07, 6.45) is 7.88. The number of esters is 1. The summed E-state index contributed by atoms with van der Waals surface area (Å²) in [6, 6.07) is 13.9. The zero-order valence-electron chi connectivity index (χ0n) is 19.3. The third-order valence-electron chi connectivity index (χ3n) is 5.28. The van der Waals surface area contributed by atoms with Crippen LogP contribution >= 0.6 is 0 Å². The molecule has 2 aromatic rings. The molecule has 0 heterocycles. The molecule has 0 spiro atoms. The largest absolute Gasteiger partial charge is 0.469 e. The van der Waals surface area contributed by atoms with Gasteiger partial charge in [0.2, 0.25) is 0 Å². The van der Waals surface area contributed by atoms with E-state index in [2.05, 4.69) is 11.9 Å². The van der Waals surface area contributed by atoms with Crippen molar-refractivity contribution in [3.05, 3.63) is 102 Å².